The lowest BCUT2D eigenvalue weighted by atomic mass is 10.0. The maximum atomic E-state index is 2.49. The van der Waals surface area contributed by atoms with Gasteiger partial charge in [-0.2, -0.15) is 0 Å². The molecule has 1 aliphatic carbocycles. The quantitative estimate of drug-likeness (QED) is 0.446. The van der Waals surface area contributed by atoms with E-state index in [2.05, 4.69) is 48.6 Å². The van der Waals surface area contributed by atoms with Crippen LogP contribution in [-0.4, -0.2) is 3.92 Å². The highest BCUT2D eigenvalue weighted by molar-refractivity contribution is 14.1. The summed E-state index contributed by atoms with van der Waals surface area (Å²) in [7, 11) is 0. The van der Waals surface area contributed by atoms with E-state index in [4.69, 9.17) is 0 Å². The van der Waals surface area contributed by atoms with Gasteiger partial charge in [0.05, 0.1) is 0 Å². The predicted octanol–water partition coefficient (Wildman–Crippen LogP) is 3.09. The van der Waals surface area contributed by atoms with Crippen molar-refractivity contribution < 1.29 is 0 Å². The van der Waals surface area contributed by atoms with Crippen LogP contribution < -0.4 is 0 Å². The van der Waals surface area contributed by atoms with Crippen LogP contribution in [0.3, 0.4) is 0 Å². The zero-order valence-corrected chi connectivity index (χ0v) is 7.97. The molecular weight excluding hydrogens is 223 g/mol. The molecule has 0 aromatic carbocycles. The fraction of sp³-hybridized carbons (Fsp3) is 0.500. The van der Waals surface area contributed by atoms with Gasteiger partial charge in [0.25, 0.3) is 0 Å². The van der Waals surface area contributed by atoms with Crippen molar-refractivity contribution in [3.05, 3.63) is 23.3 Å². The fourth-order valence-corrected chi connectivity index (χ4v) is 1.79. The summed E-state index contributed by atoms with van der Waals surface area (Å²) in [6.07, 6.45) is 5.67. The highest BCUT2D eigenvalue weighted by atomic mass is 127. The third-order valence-corrected chi connectivity index (χ3v) is 3.05. The molecule has 0 saturated carbocycles. The van der Waals surface area contributed by atoms with Crippen LogP contribution in [0.2, 0.25) is 0 Å². The Morgan fingerprint density at radius 1 is 1.44 bits per heavy atom. The van der Waals surface area contributed by atoms with Crippen LogP contribution in [0.5, 0.6) is 0 Å². The molecule has 0 spiro atoms. The van der Waals surface area contributed by atoms with Crippen molar-refractivity contribution in [2.45, 2.75) is 24.2 Å². The number of rotatable bonds is 0. The molecule has 1 rings (SSSR count). The molecule has 0 heterocycles. The van der Waals surface area contributed by atoms with E-state index in [1.54, 1.807) is 0 Å². The van der Waals surface area contributed by atoms with Crippen LogP contribution >= 0.6 is 22.6 Å². The molecule has 0 aromatic heterocycles. The number of halogens is 1. The molecule has 0 fully saturated rings. The molecule has 0 radical (unpaired) electrons. The Morgan fingerprint density at radius 3 is 2.56 bits per heavy atom. The van der Waals surface area contributed by atoms with Crippen LogP contribution in [0, 0.1) is 0 Å². The third kappa shape index (κ3) is 1.81. The topological polar surface area (TPSA) is 0 Å². The molecule has 50 valence electrons. The molecule has 0 nitrogen and oxygen atoms in total. The zero-order chi connectivity index (χ0) is 6.85. The van der Waals surface area contributed by atoms with Gasteiger partial charge in [-0.25, -0.2) is 0 Å². The highest BCUT2D eigenvalue weighted by Gasteiger charge is 2.08. The highest BCUT2D eigenvalue weighted by Crippen LogP contribution is 2.24. The minimum Gasteiger partial charge on any atom is -0.0774 e. The lowest BCUT2D eigenvalue weighted by molar-refractivity contribution is 0.951. The van der Waals surface area contributed by atoms with E-state index in [1.165, 1.54) is 17.6 Å². The number of allylic oxidation sites excluding steroid dienone is 4. The van der Waals surface area contributed by atoms with Crippen molar-refractivity contribution in [3.8, 4) is 0 Å². The van der Waals surface area contributed by atoms with E-state index >= 15 is 0 Å². The lowest BCUT2D eigenvalue weighted by Gasteiger charge is -2.14. The van der Waals surface area contributed by atoms with Crippen LogP contribution in [0.1, 0.15) is 20.3 Å². The van der Waals surface area contributed by atoms with Crippen LogP contribution in [0.25, 0.3) is 0 Å². The monoisotopic (exact) mass is 234 g/mol. The molecule has 1 unspecified atom stereocenters. The van der Waals surface area contributed by atoms with Crippen molar-refractivity contribution in [2.24, 2.45) is 0 Å². The standard InChI is InChI=1S/C8H11I/c1-6-3-4-7(2)8(9)5-6/h3-4,8H,5H2,1-2H3. The summed E-state index contributed by atoms with van der Waals surface area (Å²) in [6, 6.07) is 0. The summed E-state index contributed by atoms with van der Waals surface area (Å²) in [6.45, 7) is 4.38. The summed E-state index contributed by atoms with van der Waals surface area (Å²) in [5.74, 6) is 0. The predicted molar refractivity (Wildman–Crippen MR) is 49.9 cm³/mol. The Labute approximate surface area is 70.2 Å². The fourth-order valence-electron chi connectivity index (χ4n) is 0.890. The van der Waals surface area contributed by atoms with Gasteiger partial charge in [-0.3, -0.25) is 0 Å². The Kier molecular flexibility index (Phi) is 2.33. The number of hydrogen-bond acceptors (Lipinski definition) is 0. The first-order valence-corrected chi connectivity index (χ1v) is 4.43. The van der Waals surface area contributed by atoms with Gasteiger partial charge in [0.15, 0.2) is 0 Å². The van der Waals surface area contributed by atoms with E-state index in [0.717, 1.165) is 3.92 Å². The van der Waals surface area contributed by atoms with Gasteiger partial charge in [0.2, 0.25) is 0 Å². The summed E-state index contributed by atoms with van der Waals surface area (Å²) < 4.78 is 0.743. The van der Waals surface area contributed by atoms with E-state index in [-0.39, 0.29) is 0 Å². The van der Waals surface area contributed by atoms with Crippen LogP contribution in [-0.2, 0) is 0 Å². The maximum Gasteiger partial charge on any atom is 0.0356 e. The normalized spacial score (nSPS) is 27.2. The van der Waals surface area contributed by atoms with Crippen molar-refractivity contribution in [1.29, 1.82) is 0 Å². The van der Waals surface area contributed by atoms with Gasteiger partial charge in [0.1, 0.15) is 0 Å². The van der Waals surface area contributed by atoms with Crippen molar-refractivity contribution in [2.75, 3.05) is 0 Å². The van der Waals surface area contributed by atoms with Gasteiger partial charge in [-0.15, -0.1) is 0 Å². The molecule has 9 heavy (non-hydrogen) atoms. The van der Waals surface area contributed by atoms with Gasteiger partial charge >= 0.3 is 0 Å². The number of alkyl halides is 1. The van der Waals surface area contributed by atoms with E-state index in [1.807, 2.05) is 0 Å². The second kappa shape index (κ2) is 2.86. The van der Waals surface area contributed by atoms with Crippen molar-refractivity contribution >= 4 is 22.6 Å². The Balaban J connectivity index is 2.74. The summed E-state index contributed by atoms with van der Waals surface area (Å²) in [5.41, 5.74) is 3.00. The summed E-state index contributed by atoms with van der Waals surface area (Å²) in [5, 5.41) is 0. The molecule has 0 N–H and O–H groups in total. The second-order valence-corrected chi connectivity index (χ2v) is 4.10. The molecule has 1 atom stereocenters. The van der Waals surface area contributed by atoms with Gasteiger partial charge in [-0.1, -0.05) is 45.9 Å². The van der Waals surface area contributed by atoms with Gasteiger partial charge in [0, 0.05) is 3.92 Å². The Hall–Kier alpha value is 0.210. The maximum absolute atomic E-state index is 2.49. The SMILES string of the molecule is CC1=CC=C(C)C(I)C1. The average molecular weight is 234 g/mol. The molecule has 1 aliphatic rings. The van der Waals surface area contributed by atoms with E-state index in [9.17, 15) is 0 Å². The van der Waals surface area contributed by atoms with Crippen LogP contribution in [0.15, 0.2) is 23.3 Å². The van der Waals surface area contributed by atoms with Crippen molar-refractivity contribution in [3.63, 3.8) is 0 Å². The minimum absolute atomic E-state index is 0.743. The van der Waals surface area contributed by atoms with E-state index in [0.29, 0.717) is 0 Å². The molecule has 1 heteroatoms. The Bertz CT molecular complexity index is 165. The smallest absolute Gasteiger partial charge is 0.0356 e. The minimum atomic E-state index is 0.743. The summed E-state index contributed by atoms with van der Waals surface area (Å²) in [4.78, 5) is 0. The zero-order valence-electron chi connectivity index (χ0n) is 5.82. The Morgan fingerprint density at radius 2 is 2.11 bits per heavy atom. The number of hydrogen-bond donors (Lipinski definition) is 0. The van der Waals surface area contributed by atoms with Crippen LogP contribution in [0.4, 0.5) is 0 Å². The molecule has 0 amide bonds. The second-order valence-electron chi connectivity index (χ2n) is 2.60. The first kappa shape index (κ1) is 7.32. The third-order valence-electron chi connectivity index (χ3n) is 1.63. The van der Waals surface area contributed by atoms with Crippen molar-refractivity contribution in [1.82, 2.24) is 0 Å². The first-order valence-electron chi connectivity index (χ1n) is 3.18. The van der Waals surface area contributed by atoms with Gasteiger partial charge < -0.3 is 0 Å². The first-order chi connectivity index (χ1) is 4.20. The molecule has 0 saturated heterocycles. The lowest BCUT2D eigenvalue weighted by Crippen LogP contribution is -2.03. The average Bonchev–Trinajstić information content (AvgIpc) is 1.80. The van der Waals surface area contributed by atoms with E-state index < -0.39 is 0 Å². The molecule has 0 aliphatic heterocycles. The largest absolute Gasteiger partial charge is 0.0774 e. The molecular formula is C8H11I. The summed E-state index contributed by atoms with van der Waals surface area (Å²) >= 11 is 2.49. The molecule has 0 aromatic rings. The molecule has 0 bridgehead atoms. The van der Waals surface area contributed by atoms with Gasteiger partial charge in [-0.05, 0) is 20.3 Å².